The molecule has 0 bridgehead atoms. The maximum atomic E-state index is 14.1. The van der Waals surface area contributed by atoms with Gasteiger partial charge in [0.2, 0.25) is 0 Å². The van der Waals surface area contributed by atoms with E-state index in [0.717, 1.165) is 37.5 Å². The van der Waals surface area contributed by atoms with Gasteiger partial charge in [0.15, 0.2) is 5.78 Å². The molecule has 0 radical (unpaired) electrons. The SMILES string of the molecule is C\C=C(/C=C\C(=N/C(=C\C(C)=O)c1cnc(C)c(F)c1)C(C)CC)N1CCN[C@@H](C)C1. The summed E-state index contributed by atoms with van der Waals surface area (Å²) in [5, 5.41) is 3.46. The van der Waals surface area contributed by atoms with Crippen molar-refractivity contribution < 1.29 is 9.18 Å². The van der Waals surface area contributed by atoms with Gasteiger partial charge in [-0.1, -0.05) is 19.9 Å². The van der Waals surface area contributed by atoms with E-state index in [9.17, 15) is 9.18 Å². The Balaban J connectivity index is 2.42. The number of hydrogen-bond donors (Lipinski definition) is 1. The smallest absolute Gasteiger partial charge is 0.154 e. The van der Waals surface area contributed by atoms with Gasteiger partial charge in [-0.25, -0.2) is 4.39 Å². The molecular weight excluding hydrogens is 391 g/mol. The van der Waals surface area contributed by atoms with Crippen LogP contribution in [0.5, 0.6) is 0 Å². The first-order valence-corrected chi connectivity index (χ1v) is 11.0. The lowest BCUT2D eigenvalue weighted by Gasteiger charge is -2.34. The quantitative estimate of drug-likeness (QED) is 0.372. The van der Waals surface area contributed by atoms with Crippen molar-refractivity contribution in [1.82, 2.24) is 15.2 Å². The molecule has 0 amide bonds. The molecule has 6 heteroatoms. The van der Waals surface area contributed by atoms with Gasteiger partial charge in [0.05, 0.1) is 11.4 Å². The Bertz CT molecular complexity index is 901. The van der Waals surface area contributed by atoms with E-state index >= 15 is 0 Å². The second-order valence-electron chi connectivity index (χ2n) is 8.13. The third kappa shape index (κ3) is 7.24. The van der Waals surface area contributed by atoms with Crippen LogP contribution in [0.15, 0.2) is 47.3 Å². The van der Waals surface area contributed by atoms with E-state index < -0.39 is 5.82 Å². The summed E-state index contributed by atoms with van der Waals surface area (Å²) in [7, 11) is 0. The fraction of sp³-hybridized carbons (Fsp3) is 0.480. The van der Waals surface area contributed by atoms with Crippen molar-refractivity contribution in [3.05, 3.63) is 59.3 Å². The molecule has 1 aromatic rings. The number of carbonyl (C=O) groups is 1. The number of nitrogens with one attached hydrogen (secondary N) is 1. The fourth-order valence-electron chi connectivity index (χ4n) is 3.40. The Labute approximate surface area is 185 Å². The van der Waals surface area contributed by atoms with E-state index in [0.29, 0.717) is 23.0 Å². The summed E-state index contributed by atoms with van der Waals surface area (Å²) in [4.78, 5) is 23.1. The van der Waals surface area contributed by atoms with Gasteiger partial charge in [-0.3, -0.25) is 14.8 Å². The Kier molecular flexibility index (Phi) is 9.31. The normalized spacial score (nSPS) is 19.8. The highest BCUT2D eigenvalue weighted by Crippen LogP contribution is 2.21. The lowest BCUT2D eigenvalue weighted by atomic mass is 10.0. The molecule has 1 aliphatic heterocycles. The molecule has 1 N–H and O–H groups in total. The first-order chi connectivity index (χ1) is 14.7. The van der Waals surface area contributed by atoms with Crippen molar-refractivity contribution in [2.24, 2.45) is 10.9 Å². The first-order valence-electron chi connectivity index (χ1n) is 11.0. The number of ketones is 1. The lowest BCUT2D eigenvalue weighted by Crippen LogP contribution is -2.48. The summed E-state index contributed by atoms with van der Waals surface area (Å²) in [5.41, 5.74) is 3.23. The van der Waals surface area contributed by atoms with Gasteiger partial charge in [0.1, 0.15) is 5.82 Å². The van der Waals surface area contributed by atoms with E-state index in [-0.39, 0.29) is 11.7 Å². The van der Waals surface area contributed by atoms with Gasteiger partial charge in [-0.2, -0.15) is 0 Å². The third-order valence-electron chi connectivity index (χ3n) is 5.48. The number of allylic oxidation sites excluding steroid dienone is 4. The van der Waals surface area contributed by atoms with Crippen LogP contribution in [0.2, 0.25) is 0 Å². The average molecular weight is 427 g/mol. The second kappa shape index (κ2) is 11.7. The molecule has 1 fully saturated rings. The number of aliphatic imine (C=N–C) groups is 1. The van der Waals surface area contributed by atoms with Crippen LogP contribution in [0, 0.1) is 18.7 Å². The summed E-state index contributed by atoms with van der Waals surface area (Å²) in [6.45, 7) is 14.4. The van der Waals surface area contributed by atoms with E-state index in [1.54, 1.807) is 13.1 Å². The molecule has 0 saturated carbocycles. The number of halogens is 1. The molecule has 31 heavy (non-hydrogen) atoms. The van der Waals surface area contributed by atoms with Gasteiger partial charge in [0, 0.05) is 54.9 Å². The Morgan fingerprint density at radius 3 is 2.77 bits per heavy atom. The molecule has 1 unspecified atom stereocenters. The number of aryl methyl sites for hydroxylation is 1. The highest BCUT2D eigenvalue weighted by molar-refractivity contribution is 6.03. The van der Waals surface area contributed by atoms with Crippen LogP contribution in [0.1, 0.15) is 52.3 Å². The highest BCUT2D eigenvalue weighted by atomic mass is 19.1. The fourth-order valence-corrected chi connectivity index (χ4v) is 3.40. The van der Waals surface area contributed by atoms with Crippen LogP contribution in [-0.4, -0.2) is 47.1 Å². The minimum atomic E-state index is -0.410. The number of aromatic nitrogens is 1. The average Bonchev–Trinajstić information content (AvgIpc) is 2.73. The third-order valence-corrected chi connectivity index (χ3v) is 5.48. The molecule has 0 aromatic carbocycles. The molecule has 5 nitrogen and oxygen atoms in total. The zero-order valence-electron chi connectivity index (χ0n) is 19.6. The van der Waals surface area contributed by atoms with Gasteiger partial charge >= 0.3 is 0 Å². The van der Waals surface area contributed by atoms with Gasteiger partial charge in [0.25, 0.3) is 0 Å². The standard InChI is InChI=1S/C25H35FN4O/c1-7-17(3)24(10-9-22(8-2)30-12-11-27-18(4)16-30)29-25(13-19(5)31)21-14-23(26)20(6)28-15-21/h8-10,13-15,17-18,27H,7,11-12,16H2,1-6H3/b10-9-,22-8+,25-13-,29-24+/t17?,18-/m0/s1. The molecule has 168 valence electrons. The number of nitrogens with zero attached hydrogens (tertiary/aromatic N) is 3. The van der Waals surface area contributed by atoms with Crippen LogP contribution in [-0.2, 0) is 4.79 Å². The molecule has 2 atom stereocenters. The van der Waals surface area contributed by atoms with E-state index in [4.69, 9.17) is 4.99 Å². The molecular formula is C25H35FN4O. The number of pyridine rings is 1. The maximum Gasteiger partial charge on any atom is 0.154 e. The van der Waals surface area contributed by atoms with Crippen molar-refractivity contribution >= 4 is 17.2 Å². The van der Waals surface area contributed by atoms with E-state index in [2.05, 4.69) is 48.1 Å². The van der Waals surface area contributed by atoms with Gasteiger partial charge in [-0.05, 0) is 58.3 Å². The summed E-state index contributed by atoms with van der Waals surface area (Å²) in [6, 6.07) is 1.83. The predicted octanol–water partition coefficient (Wildman–Crippen LogP) is 4.70. The zero-order valence-corrected chi connectivity index (χ0v) is 19.6. The van der Waals surface area contributed by atoms with Crippen LogP contribution in [0.3, 0.4) is 0 Å². The minimum Gasteiger partial charge on any atom is -0.369 e. The summed E-state index contributed by atoms with van der Waals surface area (Å²) in [6.07, 6.45) is 10.1. The summed E-state index contributed by atoms with van der Waals surface area (Å²) < 4.78 is 14.1. The lowest BCUT2D eigenvalue weighted by molar-refractivity contribution is -0.112. The Morgan fingerprint density at radius 2 is 2.19 bits per heavy atom. The molecule has 2 heterocycles. The monoisotopic (exact) mass is 426 g/mol. The Morgan fingerprint density at radius 1 is 1.45 bits per heavy atom. The number of piperazine rings is 1. The van der Waals surface area contributed by atoms with Crippen LogP contribution in [0.25, 0.3) is 5.70 Å². The largest absolute Gasteiger partial charge is 0.369 e. The van der Waals surface area contributed by atoms with Crippen molar-refractivity contribution in [2.45, 2.75) is 54.0 Å². The number of rotatable bonds is 8. The van der Waals surface area contributed by atoms with Crippen LogP contribution >= 0.6 is 0 Å². The minimum absolute atomic E-state index is 0.142. The highest BCUT2D eigenvalue weighted by Gasteiger charge is 2.17. The Hall–Kier alpha value is -2.60. The molecule has 1 aromatic heterocycles. The first kappa shape index (κ1) is 24.7. The second-order valence-corrected chi connectivity index (χ2v) is 8.13. The molecule has 0 spiro atoms. The number of hydrogen-bond acceptors (Lipinski definition) is 5. The van der Waals surface area contributed by atoms with Crippen molar-refractivity contribution in [3.8, 4) is 0 Å². The van der Waals surface area contributed by atoms with Gasteiger partial charge < -0.3 is 10.2 Å². The summed E-state index contributed by atoms with van der Waals surface area (Å²) >= 11 is 0. The van der Waals surface area contributed by atoms with E-state index in [1.807, 2.05) is 13.0 Å². The van der Waals surface area contributed by atoms with E-state index in [1.165, 1.54) is 19.1 Å². The summed E-state index contributed by atoms with van der Waals surface area (Å²) in [5.74, 6) is -0.377. The molecule has 0 aliphatic carbocycles. The zero-order chi connectivity index (χ0) is 23.0. The molecule has 1 aliphatic rings. The topological polar surface area (TPSA) is 57.6 Å². The number of carbonyl (C=O) groups excluding carboxylic acids is 1. The predicted molar refractivity (Wildman–Crippen MR) is 126 cm³/mol. The van der Waals surface area contributed by atoms with Crippen molar-refractivity contribution in [3.63, 3.8) is 0 Å². The van der Waals surface area contributed by atoms with Crippen molar-refractivity contribution in [2.75, 3.05) is 19.6 Å². The van der Waals surface area contributed by atoms with Gasteiger partial charge in [-0.15, -0.1) is 0 Å². The van der Waals surface area contributed by atoms with Crippen molar-refractivity contribution in [1.29, 1.82) is 0 Å². The molecule has 2 rings (SSSR count). The van der Waals surface area contributed by atoms with Crippen LogP contribution in [0.4, 0.5) is 4.39 Å². The molecule has 1 saturated heterocycles. The van der Waals surface area contributed by atoms with Crippen LogP contribution < -0.4 is 5.32 Å². The maximum absolute atomic E-state index is 14.1.